The minimum Gasteiger partial charge on any atom is -0.352 e. The van der Waals surface area contributed by atoms with E-state index in [0.29, 0.717) is 24.3 Å². The molecule has 5 nitrogen and oxygen atoms in total. The number of nitrogens with two attached hydrogens (primary N) is 1. The molecule has 0 spiro atoms. The summed E-state index contributed by atoms with van der Waals surface area (Å²) >= 11 is 0. The maximum atomic E-state index is 11.5. The zero-order chi connectivity index (χ0) is 12.7. The van der Waals surface area contributed by atoms with Crippen molar-refractivity contribution in [3.05, 3.63) is 29.8 Å². The molecule has 5 heteroatoms. The van der Waals surface area contributed by atoms with Crippen LogP contribution in [-0.2, 0) is 4.79 Å². The van der Waals surface area contributed by atoms with Crippen LogP contribution in [0.3, 0.4) is 0 Å². The highest BCUT2D eigenvalue weighted by atomic mass is 16.2. The number of carbonyl (C=O) groups is 2. The van der Waals surface area contributed by atoms with Crippen LogP contribution >= 0.6 is 0 Å². The quantitative estimate of drug-likeness (QED) is 0.703. The zero-order valence-corrected chi connectivity index (χ0v) is 9.82. The van der Waals surface area contributed by atoms with Crippen molar-refractivity contribution < 1.29 is 9.59 Å². The summed E-state index contributed by atoms with van der Waals surface area (Å²) in [5, 5.41) is 5.39. The first-order valence-corrected chi connectivity index (χ1v) is 5.55. The Balaban J connectivity index is 2.61. The standard InChI is InChI=1S/C12H17N3O2/c1-2-14-12(17)9-3-5-10(6-4-9)15-11(16)7-8-13/h3-6H,2,7-8,13H2,1H3,(H,14,17)(H,15,16). The minimum atomic E-state index is -0.127. The van der Waals surface area contributed by atoms with Gasteiger partial charge in [0, 0.05) is 30.8 Å². The van der Waals surface area contributed by atoms with E-state index < -0.39 is 0 Å². The maximum Gasteiger partial charge on any atom is 0.251 e. The van der Waals surface area contributed by atoms with Crippen LogP contribution in [0.25, 0.3) is 0 Å². The first kappa shape index (κ1) is 13.2. The highest BCUT2D eigenvalue weighted by Gasteiger charge is 2.04. The third kappa shape index (κ3) is 4.24. The van der Waals surface area contributed by atoms with Crippen LogP contribution in [0.5, 0.6) is 0 Å². The van der Waals surface area contributed by atoms with E-state index in [0.717, 1.165) is 0 Å². The highest BCUT2D eigenvalue weighted by Crippen LogP contribution is 2.09. The number of anilines is 1. The zero-order valence-electron chi connectivity index (χ0n) is 9.82. The molecule has 0 heterocycles. The number of hydrogen-bond acceptors (Lipinski definition) is 3. The van der Waals surface area contributed by atoms with Crippen molar-refractivity contribution in [1.29, 1.82) is 0 Å². The van der Waals surface area contributed by atoms with Crippen LogP contribution in [0.1, 0.15) is 23.7 Å². The van der Waals surface area contributed by atoms with Gasteiger partial charge in [-0.25, -0.2) is 0 Å². The Morgan fingerprint density at radius 3 is 2.41 bits per heavy atom. The molecule has 0 saturated carbocycles. The van der Waals surface area contributed by atoms with E-state index in [2.05, 4.69) is 10.6 Å². The number of hydrogen-bond donors (Lipinski definition) is 3. The molecule has 0 fully saturated rings. The van der Waals surface area contributed by atoms with Crippen molar-refractivity contribution in [2.24, 2.45) is 5.73 Å². The Hall–Kier alpha value is -1.88. The molecule has 0 aliphatic carbocycles. The normalized spacial score (nSPS) is 9.76. The van der Waals surface area contributed by atoms with E-state index in [1.54, 1.807) is 24.3 Å². The van der Waals surface area contributed by atoms with E-state index in [4.69, 9.17) is 5.73 Å². The second-order valence-corrected chi connectivity index (χ2v) is 3.52. The van der Waals surface area contributed by atoms with Crippen molar-refractivity contribution in [3.63, 3.8) is 0 Å². The Labute approximate surface area is 100 Å². The summed E-state index contributed by atoms with van der Waals surface area (Å²) in [5.74, 6) is -0.245. The Morgan fingerprint density at radius 2 is 1.88 bits per heavy atom. The van der Waals surface area contributed by atoms with Crippen LogP contribution in [0.2, 0.25) is 0 Å². The molecule has 17 heavy (non-hydrogen) atoms. The maximum absolute atomic E-state index is 11.5. The highest BCUT2D eigenvalue weighted by molar-refractivity contribution is 5.95. The molecule has 1 rings (SSSR count). The van der Waals surface area contributed by atoms with Gasteiger partial charge in [-0.1, -0.05) is 0 Å². The first-order valence-electron chi connectivity index (χ1n) is 5.55. The molecule has 4 N–H and O–H groups in total. The predicted molar refractivity (Wildman–Crippen MR) is 66.8 cm³/mol. The third-order valence-corrected chi connectivity index (χ3v) is 2.14. The molecule has 0 atom stereocenters. The van der Waals surface area contributed by atoms with Gasteiger partial charge in [0.25, 0.3) is 5.91 Å². The van der Waals surface area contributed by atoms with Crippen molar-refractivity contribution in [1.82, 2.24) is 5.32 Å². The molecule has 0 aliphatic heterocycles. The topological polar surface area (TPSA) is 84.2 Å². The van der Waals surface area contributed by atoms with Gasteiger partial charge in [-0.3, -0.25) is 9.59 Å². The van der Waals surface area contributed by atoms with E-state index in [1.165, 1.54) is 0 Å². The summed E-state index contributed by atoms with van der Waals surface area (Å²) in [6.07, 6.45) is 0.290. The molecule has 0 bridgehead atoms. The summed E-state index contributed by atoms with van der Waals surface area (Å²) in [6, 6.07) is 6.73. The number of rotatable bonds is 5. The summed E-state index contributed by atoms with van der Waals surface area (Å²) < 4.78 is 0. The second-order valence-electron chi connectivity index (χ2n) is 3.52. The predicted octanol–water partition coefficient (Wildman–Crippen LogP) is 0.724. The fraction of sp³-hybridized carbons (Fsp3) is 0.333. The lowest BCUT2D eigenvalue weighted by atomic mass is 10.2. The Bertz CT molecular complexity index is 387. The molecule has 0 aromatic heterocycles. The van der Waals surface area contributed by atoms with E-state index in [9.17, 15) is 9.59 Å². The van der Waals surface area contributed by atoms with Crippen LogP contribution in [-0.4, -0.2) is 24.9 Å². The van der Waals surface area contributed by atoms with Crippen molar-refractivity contribution in [2.75, 3.05) is 18.4 Å². The van der Waals surface area contributed by atoms with Crippen LogP contribution < -0.4 is 16.4 Å². The van der Waals surface area contributed by atoms with E-state index in [1.807, 2.05) is 6.92 Å². The van der Waals surface area contributed by atoms with Crippen LogP contribution in [0.15, 0.2) is 24.3 Å². The molecule has 2 amide bonds. The average molecular weight is 235 g/mol. The van der Waals surface area contributed by atoms with Gasteiger partial charge in [0.1, 0.15) is 0 Å². The third-order valence-electron chi connectivity index (χ3n) is 2.14. The van der Waals surface area contributed by atoms with Gasteiger partial charge in [-0.05, 0) is 31.2 Å². The lowest BCUT2D eigenvalue weighted by molar-refractivity contribution is -0.116. The van der Waals surface area contributed by atoms with Crippen molar-refractivity contribution >= 4 is 17.5 Å². The number of carbonyl (C=O) groups excluding carboxylic acids is 2. The molecular weight excluding hydrogens is 218 g/mol. The van der Waals surface area contributed by atoms with Gasteiger partial charge in [-0.15, -0.1) is 0 Å². The monoisotopic (exact) mass is 235 g/mol. The van der Waals surface area contributed by atoms with Gasteiger partial charge in [-0.2, -0.15) is 0 Å². The molecule has 92 valence electrons. The number of nitrogens with one attached hydrogen (secondary N) is 2. The number of amides is 2. The van der Waals surface area contributed by atoms with Gasteiger partial charge in [0.15, 0.2) is 0 Å². The van der Waals surface area contributed by atoms with E-state index in [-0.39, 0.29) is 18.2 Å². The number of benzene rings is 1. The van der Waals surface area contributed by atoms with Crippen molar-refractivity contribution in [2.45, 2.75) is 13.3 Å². The molecule has 1 aromatic rings. The largest absolute Gasteiger partial charge is 0.352 e. The summed E-state index contributed by atoms with van der Waals surface area (Å²) in [7, 11) is 0. The van der Waals surface area contributed by atoms with Gasteiger partial charge in [0.05, 0.1) is 0 Å². The van der Waals surface area contributed by atoms with Gasteiger partial charge < -0.3 is 16.4 Å². The molecular formula is C12H17N3O2. The summed E-state index contributed by atoms with van der Waals surface area (Å²) in [4.78, 5) is 22.7. The molecule has 0 unspecified atom stereocenters. The summed E-state index contributed by atoms with van der Waals surface area (Å²) in [6.45, 7) is 2.77. The molecule has 0 saturated heterocycles. The van der Waals surface area contributed by atoms with Crippen molar-refractivity contribution in [3.8, 4) is 0 Å². The minimum absolute atomic E-state index is 0.118. The Kier molecular flexibility index (Phi) is 5.16. The van der Waals surface area contributed by atoms with Gasteiger partial charge in [0.2, 0.25) is 5.91 Å². The lowest BCUT2D eigenvalue weighted by Crippen LogP contribution is -2.22. The van der Waals surface area contributed by atoms with Gasteiger partial charge >= 0.3 is 0 Å². The fourth-order valence-corrected chi connectivity index (χ4v) is 1.32. The second kappa shape index (κ2) is 6.65. The molecule has 0 aliphatic rings. The van der Waals surface area contributed by atoms with Crippen LogP contribution in [0.4, 0.5) is 5.69 Å². The van der Waals surface area contributed by atoms with Crippen LogP contribution in [0, 0.1) is 0 Å². The molecule has 0 radical (unpaired) electrons. The fourth-order valence-electron chi connectivity index (χ4n) is 1.32. The first-order chi connectivity index (χ1) is 8.17. The smallest absolute Gasteiger partial charge is 0.251 e. The van der Waals surface area contributed by atoms with E-state index >= 15 is 0 Å². The summed E-state index contributed by atoms with van der Waals surface area (Å²) in [5.41, 5.74) is 6.50. The SMILES string of the molecule is CCNC(=O)c1ccc(NC(=O)CCN)cc1. The molecule has 1 aromatic carbocycles. The Morgan fingerprint density at radius 1 is 1.24 bits per heavy atom. The average Bonchev–Trinajstić information content (AvgIpc) is 2.30. The lowest BCUT2D eigenvalue weighted by Gasteiger charge is -2.06.